The van der Waals surface area contributed by atoms with E-state index in [1.807, 2.05) is 12.2 Å². The molecule has 0 fully saturated rings. The van der Waals surface area contributed by atoms with Gasteiger partial charge in [0.15, 0.2) is 7.28 Å². The van der Waals surface area contributed by atoms with Crippen LogP contribution in [0, 0.1) is 0 Å². The van der Waals surface area contributed by atoms with Gasteiger partial charge in [-0.3, -0.25) is 0 Å². The fraction of sp³-hybridized carbons (Fsp3) is 0. The summed E-state index contributed by atoms with van der Waals surface area (Å²) in [6.45, 7) is 7.86. The van der Waals surface area contributed by atoms with E-state index in [9.17, 15) is 0 Å². The molecule has 0 nitrogen and oxygen atoms in total. The zero-order valence-electron chi connectivity index (χ0n) is 11.0. The molecule has 20 heavy (non-hydrogen) atoms. The van der Waals surface area contributed by atoms with Crippen LogP contribution in [0.25, 0.3) is 33.4 Å². The Morgan fingerprint density at radius 2 is 1.80 bits per heavy atom. The normalized spacial score (nSPS) is 11.8. The number of fused-ring (bicyclic) bond motifs is 4. The third-order valence-corrected chi connectivity index (χ3v) is 5.04. The molecule has 1 aliphatic heterocycles. The van der Waals surface area contributed by atoms with Gasteiger partial charge in [-0.15, -0.1) is 11.3 Å². The summed E-state index contributed by atoms with van der Waals surface area (Å²) in [7, 11) is 2.27. The molecular formula is C18H12BS. The van der Waals surface area contributed by atoms with Crippen LogP contribution in [-0.2, 0) is 0 Å². The molecule has 1 aromatic heterocycles. The van der Waals surface area contributed by atoms with Crippen molar-refractivity contribution in [2.45, 2.75) is 0 Å². The Morgan fingerprint density at radius 1 is 0.950 bits per heavy atom. The number of hydrogen-bond donors (Lipinski definition) is 0. The predicted octanol–water partition coefficient (Wildman–Crippen LogP) is 3.82. The average molecular weight is 271 g/mol. The van der Waals surface area contributed by atoms with Gasteiger partial charge in [0.2, 0.25) is 0 Å². The van der Waals surface area contributed by atoms with Gasteiger partial charge in [0, 0.05) is 15.0 Å². The Bertz CT molecular complexity index is 871. The third-order valence-electron chi connectivity index (χ3n) is 3.88. The van der Waals surface area contributed by atoms with Crippen LogP contribution in [0.15, 0.2) is 49.6 Å². The molecule has 1 aliphatic rings. The molecule has 0 saturated heterocycles. The first-order valence-electron chi connectivity index (χ1n) is 6.61. The van der Waals surface area contributed by atoms with E-state index in [1.54, 1.807) is 11.3 Å². The van der Waals surface area contributed by atoms with Crippen LogP contribution in [-0.4, -0.2) is 7.28 Å². The highest BCUT2D eigenvalue weighted by Crippen LogP contribution is 2.35. The van der Waals surface area contributed by atoms with E-state index in [-0.39, 0.29) is 0 Å². The molecule has 0 spiro atoms. The molecule has 1 radical (unpaired) electrons. The van der Waals surface area contributed by atoms with Gasteiger partial charge in [0.1, 0.15) is 0 Å². The van der Waals surface area contributed by atoms with E-state index in [4.69, 9.17) is 0 Å². The quantitative estimate of drug-likeness (QED) is 0.486. The summed E-state index contributed by atoms with van der Waals surface area (Å²) in [6, 6.07) is 13.1. The summed E-state index contributed by atoms with van der Waals surface area (Å²) in [4.78, 5) is 1.20. The van der Waals surface area contributed by atoms with Gasteiger partial charge < -0.3 is 0 Å². The van der Waals surface area contributed by atoms with Crippen molar-refractivity contribution in [1.82, 2.24) is 0 Å². The van der Waals surface area contributed by atoms with E-state index in [0.29, 0.717) is 0 Å². The van der Waals surface area contributed by atoms with Gasteiger partial charge in [0.25, 0.3) is 0 Å². The number of rotatable bonds is 2. The maximum atomic E-state index is 3.95. The second-order valence-corrected chi connectivity index (χ2v) is 6.04. The van der Waals surface area contributed by atoms with E-state index in [1.165, 1.54) is 42.6 Å². The summed E-state index contributed by atoms with van der Waals surface area (Å²) in [5.41, 5.74) is 6.47. The monoisotopic (exact) mass is 271 g/mol. The van der Waals surface area contributed by atoms with Gasteiger partial charge in [-0.05, 0) is 28.8 Å². The van der Waals surface area contributed by atoms with Crippen molar-refractivity contribution in [3.05, 3.63) is 60.0 Å². The van der Waals surface area contributed by atoms with Crippen LogP contribution in [0.4, 0.5) is 0 Å². The second-order valence-electron chi connectivity index (χ2n) is 4.96. The summed E-state index contributed by atoms with van der Waals surface area (Å²) in [6.07, 6.45) is 3.86. The minimum atomic E-state index is 1.20. The standard InChI is InChI=1S/C18H12BS/c1-3-11-14-9-13-12-7-5-6-8-15(12)19-16(13)10-18(14)20-17(11)4-2/h3-10H,1-2H2. The lowest BCUT2D eigenvalue weighted by Gasteiger charge is -2.03. The van der Waals surface area contributed by atoms with Gasteiger partial charge in [-0.25, -0.2) is 0 Å². The lowest BCUT2D eigenvalue weighted by Crippen LogP contribution is -2.20. The van der Waals surface area contributed by atoms with Crippen LogP contribution in [0.1, 0.15) is 10.4 Å². The number of hydrogen-bond acceptors (Lipinski definition) is 1. The lowest BCUT2D eigenvalue weighted by atomic mass is 9.68. The Labute approximate surface area is 123 Å². The highest BCUT2D eigenvalue weighted by atomic mass is 32.1. The van der Waals surface area contributed by atoms with Crippen molar-refractivity contribution in [3.63, 3.8) is 0 Å². The zero-order valence-corrected chi connectivity index (χ0v) is 11.8. The molecule has 4 rings (SSSR count). The smallest absolute Gasteiger partial charge is 0.135 e. The van der Waals surface area contributed by atoms with Crippen molar-refractivity contribution in [3.8, 4) is 11.1 Å². The van der Waals surface area contributed by atoms with Gasteiger partial charge in [-0.2, -0.15) is 0 Å². The van der Waals surface area contributed by atoms with E-state index in [0.717, 1.165) is 0 Å². The molecule has 0 unspecified atom stereocenters. The highest BCUT2D eigenvalue weighted by Gasteiger charge is 2.21. The number of thiophene rings is 1. The summed E-state index contributed by atoms with van der Waals surface area (Å²) in [5.74, 6) is 0. The van der Waals surface area contributed by atoms with Crippen molar-refractivity contribution in [1.29, 1.82) is 0 Å². The SMILES string of the molecule is C=Cc1sc2cc3c(cc2c1C=C)-c1ccccc1[B]3. The first-order chi connectivity index (χ1) is 9.81. The van der Waals surface area contributed by atoms with Gasteiger partial charge >= 0.3 is 0 Å². The lowest BCUT2D eigenvalue weighted by molar-refractivity contribution is 1.74. The summed E-state index contributed by atoms with van der Waals surface area (Å²) < 4.78 is 1.30. The van der Waals surface area contributed by atoms with Crippen LogP contribution < -0.4 is 10.9 Å². The molecule has 0 bridgehead atoms. The first kappa shape index (κ1) is 11.7. The second kappa shape index (κ2) is 4.22. The molecule has 3 aromatic rings. The van der Waals surface area contributed by atoms with Crippen LogP contribution >= 0.6 is 11.3 Å². The third kappa shape index (κ3) is 1.49. The molecule has 93 valence electrons. The molecule has 0 atom stereocenters. The Morgan fingerprint density at radius 3 is 2.60 bits per heavy atom. The molecule has 2 heteroatoms. The van der Waals surface area contributed by atoms with E-state index < -0.39 is 0 Å². The maximum absolute atomic E-state index is 3.95. The van der Waals surface area contributed by atoms with Crippen molar-refractivity contribution in [2.24, 2.45) is 0 Å². The largest absolute Gasteiger partial charge is 0.193 e. The average Bonchev–Trinajstić information content (AvgIpc) is 3.01. The number of benzene rings is 2. The molecule has 2 aromatic carbocycles. The van der Waals surface area contributed by atoms with E-state index >= 15 is 0 Å². The molecule has 0 amide bonds. The predicted molar refractivity (Wildman–Crippen MR) is 92.5 cm³/mol. The summed E-state index contributed by atoms with van der Waals surface area (Å²) in [5, 5.41) is 1.28. The Balaban J connectivity index is 2.06. The van der Waals surface area contributed by atoms with Gasteiger partial charge in [-0.1, -0.05) is 60.5 Å². The fourth-order valence-electron chi connectivity index (χ4n) is 2.95. The zero-order chi connectivity index (χ0) is 13.7. The molecule has 2 heterocycles. The maximum Gasteiger partial charge on any atom is 0.193 e. The van der Waals surface area contributed by atoms with Crippen molar-refractivity contribution < 1.29 is 0 Å². The Kier molecular flexibility index (Phi) is 2.48. The molecule has 0 N–H and O–H groups in total. The van der Waals surface area contributed by atoms with Gasteiger partial charge in [0.05, 0.1) is 0 Å². The topological polar surface area (TPSA) is 0 Å². The van der Waals surface area contributed by atoms with Crippen LogP contribution in [0.3, 0.4) is 0 Å². The van der Waals surface area contributed by atoms with Crippen LogP contribution in [0.2, 0.25) is 0 Å². The highest BCUT2D eigenvalue weighted by molar-refractivity contribution is 7.20. The fourth-order valence-corrected chi connectivity index (χ4v) is 4.04. The van der Waals surface area contributed by atoms with Crippen molar-refractivity contribution in [2.75, 3.05) is 0 Å². The molecular weight excluding hydrogens is 259 g/mol. The van der Waals surface area contributed by atoms with E-state index in [2.05, 4.69) is 56.8 Å². The minimum Gasteiger partial charge on any atom is -0.135 e. The molecule has 0 aliphatic carbocycles. The Hall–Kier alpha value is -2.06. The first-order valence-corrected chi connectivity index (χ1v) is 7.43. The molecule has 0 saturated carbocycles. The minimum absolute atomic E-state index is 1.20. The van der Waals surface area contributed by atoms with Crippen LogP contribution in [0.5, 0.6) is 0 Å². The summed E-state index contributed by atoms with van der Waals surface area (Å²) >= 11 is 1.78. The van der Waals surface area contributed by atoms with Crippen molar-refractivity contribution >= 4 is 51.8 Å².